The summed E-state index contributed by atoms with van der Waals surface area (Å²) < 4.78 is 46.4. The Morgan fingerprint density at radius 2 is 0.913 bits per heavy atom. The number of hydrogen-bond acceptors (Lipinski definition) is 7. The zero-order valence-corrected chi connectivity index (χ0v) is 47.1. The lowest BCUT2D eigenvalue weighted by Gasteiger charge is -2.61. The van der Waals surface area contributed by atoms with Crippen LogP contribution in [0.15, 0.2) is 23.3 Å². The van der Waals surface area contributed by atoms with Gasteiger partial charge in [-0.25, -0.2) is 0 Å². The van der Waals surface area contributed by atoms with Gasteiger partial charge in [-0.15, -0.1) is 0 Å². The molecule has 7 heteroatoms. The predicted molar refractivity (Wildman–Crippen MR) is 280 cm³/mol. The van der Waals surface area contributed by atoms with Crippen molar-refractivity contribution in [1.82, 2.24) is 0 Å². The highest BCUT2D eigenvalue weighted by Crippen LogP contribution is 2.71. The van der Waals surface area contributed by atoms with Crippen molar-refractivity contribution in [3.8, 4) is 0 Å². The van der Waals surface area contributed by atoms with Gasteiger partial charge in [0.05, 0.1) is 0 Å². The lowest BCUT2D eigenvalue weighted by atomic mass is 9.46. The Kier molecular flexibility index (Phi) is 17.2. The molecule has 69 heavy (non-hydrogen) atoms. The van der Waals surface area contributed by atoms with Gasteiger partial charge in [0.25, 0.3) is 13.0 Å². The number of fused-ring (bicyclic) bond motifs is 10. The van der Waals surface area contributed by atoms with Crippen LogP contribution in [-0.4, -0.2) is 52.0 Å². The molecule has 6 saturated carbocycles. The van der Waals surface area contributed by atoms with Gasteiger partial charge in [-0.05, 0) is 184 Å². The summed E-state index contributed by atoms with van der Waals surface area (Å²) in [5.74, 6) is 7.45. The van der Waals surface area contributed by atoms with Crippen LogP contribution in [0.1, 0.15) is 224 Å². The molecule has 0 heterocycles. The average molecular weight is 964 g/mol. The monoisotopic (exact) mass is 963 g/mol. The van der Waals surface area contributed by atoms with Gasteiger partial charge in [0, 0.05) is 53.1 Å². The Morgan fingerprint density at radius 1 is 0.507 bits per heavy atom. The summed E-state index contributed by atoms with van der Waals surface area (Å²) in [4.78, 5) is 0. The van der Waals surface area contributed by atoms with Crippen LogP contribution < -0.4 is 0 Å². The molecule has 0 spiro atoms. The number of ether oxygens (including phenoxy) is 7. The lowest BCUT2D eigenvalue weighted by Crippen LogP contribution is -2.59. The predicted octanol–water partition coefficient (Wildman–Crippen LogP) is 16.4. The van der Waals surface area contributed by atoms with E-state index in [0.717, 1.165) is 84.9 Å². The van der Waals surface area contributed by atoms with Gasteiger partial charge in [0.1, 0.15) is 0 Å². The molecule has 0 bridgehead atoms. The van der Waals surface area contributed by atoms with Gasteiger partial charge in [-0.2, -0.15) is 0 Å². The van der Waals surface area contributed by atoms with Gasteiger partial charge in [-0.3, -0.25) is 9.47 Å². The number of methoxy groups -OCH3 is 2. The molecule has 0 aromatic rings. The summed E-state index contributed by atoms with van der Waals surface area (Å²) >= 11 is 0. The third-order valence-electron chi connectivity index (χ3n) is 22.6. The number of allylic oxidation sites excluding steroid dienone is 2. The SMILES string of the molecule is CCOC(OC)OC1(OC2(OC(OC)OCC)CC[C@@]3(C)C(=CCC4C3CC[C@@]3(C)C4CC[C@@H]3[C@H](C)CCCC(C)C)C2)CC[C@@]2(C)C(=CCC3C2CC[C@@]2(C)C3CC[C@@H]2[C@H](C)CCCC(C)C)C1. The maximum absolute atomic E-state index is 7.82. The molecular formula is C62H106O7. The Hall–Kier alpha value is -0.800. The Labute approximate surface area is 423 Å². The molecule has 0 amide bonds. The van der Waals surface area contributed by atoms with Crippen molar-refractivity contribution in [2.24, 2.45) is 92.7 Å². The van der Waals surface area contributed by atoms with Crippen molar-refractivity contribution in [3.63, 3.8) is 0 Å². The topological polar surface area (TPSA) is 64.6 Å². The second-order valence-corrected chi connectivity index (χ2v) is 27.1. The van der Waals surface area contributed by atoms with Crippen molar-refractivity contribution in [3.05, 3.63) is 23.3 Å². The zero-order chi connectivity index (χ0) is 49.6. The van der Waals surface area contributed by atoms with Crippen LogP contribution in [0, 0.1) is 92.7 Å². The van der Waals surface area contributed by atoms with E-state index in [-0.39, 0.29) is 10.8 Å². The number of rotatable bonds is 22. The Bertz CT molecular complexity index is 1630. The lowest BCUT2D eigenvalue weighted by molar-refractivity contribution is -0.459. The molecule has 396 valence electrons. The van der Waals surface area contributed by atoms with Gasteiger partial charge >= 0.3 is 0 Å². The molecular weight excluding hydrogens is 857 g/mol. The van der Waals surface area contributed by atoms with Crippen LogP contribution in [0.25, 0.3) is 0 Å². The second kappa shape index (κ2) is 21.8. The van der Waals surface area contributed by atoms with E-state index in [1.807, 2.05) is 13.8 Å². The van der Waals surface area contributed by atoms with Crippen LogP contribution >= 0.6 is 0 Å². The highest BCUT2D eigenvalue weighted by Gasteiger charge is 2.64. The third kappa shape index (κ3) is 10.5. The van der Waals surface area contributed by atoms with E-state index in [0.29, 0.717) is 48.7 Å². The normalized spacial score (nSPS) is 43.4. The largest absolute Gasteiger partial charge is 0.333 e. The van der Waals surface area contributed by atoms with Gasteiger partial charge < -0.3 is 23.7 Å². The maximum Gasteiger partial charge on any atom is 0.273 e. The molecule has 0 radical (unpaired) electrons. The minimum atomic E-state index is -1.01. The summed E-state index contributed by atoms with van der Waals surface area (Å²) in [5.41, 5.74) is 4.16. The molecule has 0 aromatic carbocycles. The first-order valence-electron chi connectivity index (χ1n) is 29.6. The first-order valence-corrected chi connectivity index (χ1v) is 29.6. The smallest absolute Gasteiger partial charge is 0.273 e. The molecule has 0 aromatic heterocycles. The highest BCUT2D eigenvalue weighted by molar-refractivity contribution is 5.29. The molecule has 10 unspecified atom stereocenters. The first-order chi connectivity index (χ1) is 32.8. The molecule has 18 atom stereocenters. The fraction of sp³-hybridized carbons (Fsp3) is 0.935. The van der Waals surface area contributed by atoms with E-state index < -0.39 is 24.5 Å². The van der Waals surface area contributed by atoms with E-state index in [4.69, 9.17) is 33.2 Å². The van der Waals surface area contributed by atoms with Crippen LogP contribution in [0.2, 0.25) is 0 Å². The molecule has 8 aliphatic rings. The first kappa shape index (κ1) is 54.5. The van der Waals surface area contributed by atoms with E-state index in [9.17, 15) is 0 Å². The zero-order valence-electron chi connectivity index (χ0n) is 47.1. The molecule has 0 aliphatic heterocycles. The summed E-state index contributed by atoms with van der Waals surface area (Å²) in [6, 6.07) is 0. The van der Waals surface area contributed by atoms with E-state index in [1.165, 1.54) is 114 Å². The van der Waals surface area contributed by atoms with Crippen molar-refractivity contribution in [1.29, 1.82) is 0 Å². The standard InChI is InChI=1S/C62H106O7/c1-15-65-55(63-13)67-61(37-35-57(9)45(39-61)23-25-47-51-29-27-49(43(7)21-17-19-41(3)4)59(51,11)33-31-53(47)57)69-62(68-56(64-14)66-16-2)38-36-58(10)46(40-62)24-26-48-52-30-28-50(44(8)22-18-20-42(5)6)60(52,12)34-32-54(48)58/h23-24,41-44,47-56H,15-22,25-40H2,1-14H3/t43-,44-,47?,48?,49-,50-,51?,52?,53?,54?,55?,56?,57+,58+,59-,60-,61?,62?/m1/s1. The van der Waals surface area contributed by atoms with E-state index in [2.05, 4.69) is 81.4 Å². The highest BCUT2D eigenvalue weighted by atomic mass is 16.9. The minimum Gasteiger partial charge on any atom is -0.333 e. The minimum absolute atomic E-state index is 0.108. The molecule has 7 nitrogen and oxygen atoms in total. The summed E-state index contributed by atoms with van der Waals surface area (Å²) in [7, 11) is 3.38. The van der Waals surface area contributed by atoms with Crippen LogP contribution in [0.3, 0.4) is 0 Å². The van der Waals surface area contributed by atoms with Crippen LogP contribution in [0.4, 0.5) is 0 Å². The third-order valence-corrected chi connectivity index (χ3v) is 22.6. The molecule has 0 N–H and O–H groups in total. The molecule has 0 saturated heterocycles. The summed E-state index contributed by atoms with van der Waals surface area (Å²) in [6.45, 7) is 28.7. The van der Waals surface area contributed by atoms with E-state index in [1.54, 1.807) is 14.2 Å². The second-order valence-electron chi connectivity index (χ2n) is 27.1. The summed E-state index contributed by atoms with van der Waals surface area (Å²) in [6.07, 6.45) is 31.9. The van der Waals surface area contributed by atoms with Crippen molar-refractivity contribution in [2.45, 2.75) is 249 Å². The van der Waals surface area contributed by atoms with Crippen molar-refractivity contribution >= 4 is 0 Å². The average Bonchev–Trinajstić information content (AvgIpc) is 3.86. The van der Waals surface area contributed by atoms with E-state index >= 15 is 0 Å². The molecule has 8 aliphatic carbocycles. The number of hydrogen-bond donors (Lipinski definition) is 0. The fourth-order valence-electron chi connectivity index (χ4n) is 18.9. The van der Waals surface area contributed by atoms with Crippen LogP contribution in [-0.2, 0) is 33.2 Å². The van der Waals surface area contributed by atoms with Crippen LogP contribution in [0.5, 0.6) is 0 Å². The van der Waals surface area contributed by atoms with Crippen molar-refractivity contribution < 1.29 is 33.2 Å². The van der Waals surface area contributed by atoms with Gasteiger partial charge in [0.15, 0.2) is 11.6 Å². The Morgan fingerprint density at radius 3 is 1.28 bits per heavy atom. The van der Waals surface area contributed by atoms with Crippen molar-refractivity contribution in [2.75, 3.05) is 27.4 Å². The van der Waals surface area contributed by atoms with Gasteiger partial charge in [0.2, 0.25) is 0 Å². The molecule has 6 fully saturated rings. The maximum atomic E-state index is 7.82. The Balaban J connectivity index is 1.05. The summed E-state index contributed by atoms with van der Waals surface area (Å²) in [5, 5.41) is 0. The molecule has 8 rings (SSSR count). The van der Waals surface area contributed by atoms with Gasteiger partial charge in [-0.1, -0.05) is 131 Å². The quantitative estimate of drug-likeness (QED) is 0.0791. The fourth-order valence-corrected chi connectivity index (χ4v) is 18.9.